The average Bonchev–Trinajstić information content (AvgIpc) is 2.05. The van der Waals surface area contributed by atoms with Crippen molar-refractivity contribution in [2.75, 3.05) is 13.6 Å². The molecule has 0 aliphatic heterocycles. The molecule has 0 heterocycles. The van der Waals surface area contributed by atoms with Crippen LogP contribution >= 0.6 is 0 Å². The Balaban J connectivity index is 4.34. The van der Waals surface area contributed by atoms with Crippen molar-refractivity contribution in [2.24, 2.45) is 5.73 Å². The van der Waals surface area contributed by atoms with Crippen LogP contribution in [0.3, 0.4) is 0 Å². The maximum absolute atomic E-state index is 10.8. The number of hydrogen-bond acceptors (Lipinski definition) is 2. The first-order chi connectivity index (χ1) is 5.54. The molecule has 2 N–H and O–H groups in total. The second-order valence-electron chi connectivity index (χ2n) is 2.89. The molecular weight excluding hydrogens is 152 g/mol. The third-order valence-corrected chi connectivity index (χ3v) is 2.14. The lowest BCUT2D eigenvalue weighted by atomic mass is 10.0. The summed E-state index contributed by atoms with van der Waals surface area (Å²) in [4.78, 5) is 12.9. The Morgan fingerprint density at radius 2 is 2.08 bits per heavy atom. The molecule has 1 unspecified atom stereocenters. The second-order valence-corrected chi connectivity index (χ2v) is 2.89. The zero-order valence-corrected chi connectivity index (χ0v) is 8.13. The summed E-state index contributed by atoms with van der Waals surface area (Å²) in [5.74, 6) is -0.401. The number of likely N-dealkylation sites (N-methyl/N-ethyl adjacent to an activating group) is 1. The van der Waals surface area contributed by atoms with Crippen LogP contribution in [0.1, 0.15) is 20.3 Å². The smallest absolute Gasteiger partial charge is 0.245 e. The van der Waals surface area contributed by atoms with Gasteiger partial charge in [0.25, 0.3) is 0 Å². The molecule has 3 nitrogen and oxygen atoms in total. The third-order valence-electron chi connectivity index (χ3n) is 2.14. The van der Waals surface area contributed by atoms with Crippen LogP contribution in [0.2, 0.25) is 0 Å². The molecule has 0 bridgehead atoms. The highest BCUT2D eigenvalue weighted by atomic mass is 16.1. The zero-order chi connectivity index (χ0) is 9.72. The highest BCUT2D eigenvalue weighted by Gasteiger charge is 2.17. The molecular formula is C9H18N2O. The lowest BCUT2D eigenvalue weighted by molar-refractivity contribution is -0.115. The highest BCUT2D eigenvalue weighted by molar-refractivity contribution is 5.92. The van der Waals surface area contributed by atoms with E-state index in [-0.39, 0.29) is 6.04 Å². The van der Waals surface area contributed by atoms with Gasteiger partial charge in [0.15, 0.2) is 0 Å². The van der Waals surface area contributed by atoms with Gasteiger partial charge in [-0.2, -0.15) is 0 Å². The summed E-state index contributed by atoms with van der Waals surface area (Å²) in [7, 11) is 1.96. The van der Waals surface area contributed by atoms with Gasteiger partial charge in [0.1, 0.15) is 0 Å². The van der Waals surface area contributed by atoms with Crippen LogP contribution in [0, 0.1) is 0 Å². The molecule has 3 heteroatoms. The fourth-order valence-electron chi connectivity index (χ4n) is 1.21. The van der Waals surface area contributed by atoms with Gasteiger partial charge in [0.2, 0.25) is 5.91 Å². The van der Waals surface area contributed by atoms with E-state index in [4.69, 9.17) is 5.73 Å². The van der Waals surface area contributed by atoms with Crippen molar-refractivity contribution in [1.29, 1.82) is 0 Å². The first kappa shape index (κ1) is 11.2. The largest absolute Gasteiger partial charge is 0.366 e. The van der Waals surface area contributed by atoms with Crippen LogP contribution < -0.4 is 5.73 Å². The van der Waals surface area contributed by atoms with Gasteiger partial charge in [0, 0.05) is 11.6 Å². The summed E-state index contributed by atoms with van der Waals surface area (Å²) >= 11 is 0. The van der Waals surface area contributed by atoms with Crippen LogP contribution in [-0.2, 0) is 4.79 Å². The topological polar surface area (TPSA) is 46.3 Å². The summed E-state index contributed by atoms with van der Waals surface area (Å²) in [5, 5.41) is 0. The van der Waals surface area contributed by atoms with Crippen molar-refractivity contribution < 1.29 is 4.79 Å². The predicted octanol–water partition coefficient (Wildman–Crippen LogP) is 0.758. The van der Waals surface area contributed by atoms with Crippen LogP contribution in [0.15, 0.2) is 12.2 Å². The van der Waals surface area contributed by atoms with Gasteiger partial charge in [-0.3, -0.25) is 9.69 Å². The molecule has 0 saturated carbocycles. The SMILES string of the molecule is C=C(C(N)=O)C(CC)N(C)CC. The van der Waals surface area contributed by atoms with Gasteiger partial charge < -0.3 is 5.73 Å². The summed E-state index contributed by atoms with van der Waals surface area (Å²) in [6.07, 6.45) is 0.867. The molecule has 0 fully saturated rings. The third kappa shape index (κ3) is 2.66. The van der Waals surface area contributed by atoms with Gasteiger partial charge in [-0.05, 0) is 20.0 Å². The number of nitrogens with two attached hydrogens (primary N) is 1. The molecule has 0 aromatic heterocycles. The zero-order valence-electron chi connectivity index (χ0n) is 8.13. The van der Waals surface area contributed by atoms with E-state index in [0.717, 1.165) is 13.0 Å². The minimum absolute atomic E-state index is 0.0903. The molecule has 1 atom stereocenters. The Morgan fingerprint density at radius 1 is 1.58 bits per heavy atom. The summed E-state index contributed by atoms with van der Waals surface area (Å²) in [6, 6.07) is 0.0903. The molecule has 0 radical (unpaired) electrons. The second kappa shape index (κ2) is 4.93. The average molecular weight is 170 g/mol. The van der Waals surface area contributed by atoms with Crippen molar-refractivity contribution >= 4 is 5.91 Å². The minimum Gasteiger partial charge on any atom is -0.366 e. The van der Waals surface area contributed by atoms with Crippen molar-refractivity contribution in [3.8, 4) is 0 Å². The molecule has 0 rings (SSSR count). The molecule has 70 valence electrons. The van der Waals surface area contributed by atoms with E-state index in [1.54, 1.807) is 0 Å². The van der Waals surface area contributed by atoms with Crippen molar-refractivity contribution in [3.63, 3.8) is 0 Å². The van der Waals surface area contributed by atoms with Crippen LogP contribution in [-0.4, -0.2) is 30.4 Å². The number of rotatable bonds is 5. The monoisotopic (exact) mass is 170 g/mol. The molecule has 0 aromatic carbocycles. The molecule has 0 aliphatic rings. The van der Waals surface area contributed by atoms with Gasteiger partial charge in [-0.15, -0.1) is 0 Å². The fourth-order valence-corrected chi connectivity index (χ4v) is 1.21. The van der Waals surface area contributed by atoms with E-state index < -0.39 is 5.91 Å². The number of primary amides is 1. The normalized spacial score (nSPS) is 13.0. The van der Waals surface area contributed by atoms with Crippen LogP contribution in [0.25, 0.3) is 0 Å². The van der Waals surface area contributed by atoms with Crippen LogP contribution in [0.4, 0.5) is 0 Å². The van der Waals surface area contributed by atoms with Gasteiger partial charge in [-0.25, -0.2) is 0 Å². The Bertz CT molecular complexity index is 177. The van der Waals surface area contributed by atoms with Gasteiger partial charge >= 0.3 is 0 Å². The predicted molar refractivity (Wildman–Crippen MR) is 50.7 cm³/mol. The van der Waals surface area contributed by atoms with E-state index in [2.05, 4.69) is 11.5 Å². The van der Waals surface area contributed by atoms with Crippen molar-refractivity contribution in [1.82, 2.24) is 4.90 Å². The summed E-state index contributed by atoms with van der Waals surface area (Å²) in [6.45, 7) is 8.63. The van der Waals surface area contributed by atoms with Gasteiger partial charge in [0.05, 0.1) is 0 Å². The molecule has 0 saturated heterocycles. The Kier molecular flexibility index (Phi) is 4.59. The van der Waals surface area contributed by atoms with Crippen LogP contribution in [0.5, 0.6) is 0 Å². The molecule has 0 aromatic rings. The van der Waals surface area contributed by atoms with E-state index >= 15 is 0 Å². The lowest BCUT2D eigenvalue weighted by Gasteiger charge is -2.25. The lowest BCUT2D eigenvalue weighted by Crippen LogP contribution is -2.36. The number of carbonyl (C=O) groups is 1. The maximum Gasteiger partial charge on any atom is 0.245 e. The molecule has 0 spiro atoms. The first-order valence-electron chi connectivity index (χ1n) is 4.23. The maximum atomic E-state index is 10.8. The highest BCUT2D eigenvalue weighted by Crippen LogP contribution is 2.10. The van der Waals surface area contributed by atoms with E-state index in [1.807, 2.05) is 20.9 Å². The molecule has 1 amide bonds. The number of carbonyl (C=O) groups excluding carboxylic acids is 1. The number of hydrogen-bond donors (Lipinski definition) is 1. The molecule has 12 heavy (non-hydrogen) atoms. The van der Waals surface area contributed by atoms with Gasteiger partial charge in [-0.1, -0.05) is 20.4 Å². The first-order valence-corrected chi connectivity index (χ1v) is 4.23. The number of nitrogens with zero attached hydrogens (tertiary/aromatic N) is 1. The standard InChI is InChI=1S/C9H18N2O/c1-5-8(11(4)6-2)7(3)9(10)12/h8H,3,5-6H2,1-2,4H3,(H2,10,12). The Morgan fingerprint density at radius 3 is 2.33 bits per heavy atom. The molecule has 0 aliphatic carbocycles. The van der Waals surface area contributed by atoms with E-state index in [9.17, 15) is 4.79 Å². The summed E-state index contributed by atoms with van der Waals surface area (Å²) < 4.78 is 0. The number of amides is 1. The van der Waals surface area contributed by atoms with Crippen molar-refractivity contribution in [2.45, 2.75) is 26.3 Å². The Labute approximate surface area is 74.2 Å². The van der Waals surface area contributed by atoms with E-state index in [1.165, 1.54) is 0 Å². The van der Waals surface area contributed by atoms with E-state index in [0.29, 0.717) is 5.57 Å². The minimum atomic E-state index is -0.401. The fraction of sp³-hybridized carbons (Fsp3) is 0.667. The Hall–Kier alpha value is -0.830. The van der Waals surface area contributed by atoms with Crippen molar-refractivity contribution in [3.05, 3.63) is 12.2 Å². The quantitative estimate of drug-likeness (QED) is 0.619. The summed E-state index contributed by atoms with van der Waals surface area (Å²) in [5.41, 5.74) is 5.64.